The van der Waals surface area contributed by atoms with Crippen LogP contribution in [-0.4, -0.2) is 64.0 Å². The number of fused-ring (bicyclic) bond motifs is 2. The van der Waals surface area contributed by atoms with Crippen LogP contribution in [0.15, 0.2) is 0 Å². The zero-order valence-electron chi connectivity index (χ0n) is 20.8. The Kier molecular flexibility index (Phi) is 7.61. The van der Waals surface area contributed by atoms with Gasteiger partial charge >= 0.3 is 17.9 Å². The lowest BCUT2D eigenvalue weighted by molar-refractivity contribution is -0.576. The van der Waals surface area contributed by atoms with Gasteiger partial charge < -0.3 is 29.7 Å². The average Bonchev–Trinajstić information content (AvgIpc) is 3.04. The Morgan fingerprint density at radius 2 is 1.78 bits per heavy atom. The molecule has 1 spiro atoms. The molecule has 0 aromatic heterocycles. The number of nitrogens with one attached hydrogen (secondary N) is 1. The summed E-state index contributed by atoms with van der Waals surface area (Å²) >= 11 is 0. The molecule has 12 nitrogen and oxygen atoms in total. The van der Waals surface area contributed by atoms with Crippen LogP contribution in [0.3, 0.4) is 0 Å². The Bertz CT molecular complexity index is 895. The van der Waals surface area contributed by atoms with E-state index >= 15 is 0 Å². The number of hydrogen-bond donors (Lipinski definition) is 3. The van der Waals surface area contributed by atoms with Crippen LogP contribution in [0.4, 0.5) is 0 Å². The highest BCUT2D eigenvalue weighted by Crippen LogP contribution is 2.60. The third-order valence-electron chi connectivity index (χ3n) is 8.18. The summed E-state index contributed by atoms with van der Waals surface area (Å²) in [4.78, 5) is 58.5. The summed E-state index contributed by atoms with van der Waals surface area (Å²) < 4.78 is 18.0. The highest BCUT2D eigenvalue weighted by Gasteiger charge is 2.69. The summed E-state index contributed by atoms with van der Waals surface area (Å²) in [7, 11) is 0. The highest BCUT2D eigenvalue weighted by atomic mass is 17.3. The largest absolute Gasteiger partial charge is 0.481 e. The SMILES string of the molecule is C[C@H]1[C@H](OC(=O)CCC(=O)N[C@@H](CCC(=O)O)C(=O)O)O[C@@H]2O[C@@]3(C)CC[C@H]4[C@H](C)CC[C@@H]1[C@@]24OO3. The first-order valence-electron chi connectivity index (χ1n) is 12.6. The summed E-state index contributed by atoms with van der Waals surface area (Å²) in [6, 6.07) is -1.35. The third-order valence-corrected chi connectivity index (χ3v) is 8.18. The standard InChI is InChI=1S/C24H35NO11/c1-12-4-5-15-13(2)21(33-22-24(15)14(12)10-11-23(3,34-22)35-36-24)32-19(29)9-7-17(26)25-16(20(30)31)6-8-18(27)28/h12-16,21-22H,4-11H2,1-3H3,(H,25,26)(H,27,28)(H,30,31)/t12-,13-,14+,15+,16+,21-,22-,23-,24-/m1/s1. The second kappa shape index (κ2) is 10.2. The molecule has 4 saturated heterocycles. The number of amides is 1. The zero-order chi connectivity index (χ0) is 26.3. The molecule has 36 heavy (non-hydrogen) atoms. The van der Waals surface area contributed by atoms with Crippen molar-refractivity contribution in [3.63, 3.8) is 0 Å². The van der Waals surface area contributed by atoms with E-state index in [-0.39, 0.29) is 37.0 Å². The Morgan fingerprint density at radius 1 is 1.03 bits per heavy atom. The highest BCUT2D eigenvalue weighted by molar-refractivity contribution is 5.86. The molecule has 0 unspecified atom stereocenters. The first kappa shape index (κ1) is 26.8. The second-order valence-corrected chi connectivity index (χ2v) is 10.7. The Morgan fingerprint density at radius 3 is 2.47 bits per heavy atom. The lowest BCUT2D eigenvalue weighted by Gasteiger charge is -2.59. The number of hydrogen-bond acceptors (Lipinski definition) is 9. The number of aliphatic carboxylic acids is 2. The Hall–Kier alpha value is -2.28. The van der Waals surface area contributed by atoms with E-state index in [4.69, 9.17) is 29.1 Å². The quantitative estimate of drug-likeness (QED) is 0.304. The van der Waals surface area contributed by atoms with Gasteiger partial charge in [0.2, 0.25) is 18.0 Å². The van der Waals surface area contributed by atoms with Gasteiger partial charge in [-0.2, -0.15) is 0 Å². The van der Waals surface area contributed by atoms with Gasteiger partial charge in [-0.25, -0.2) is 14.6 Å². The number of carbonyl (C=O) groups is 4. The van der Waals surface area contributed by atoms with Gasteiger partial charge in [0.25, 0.3) is 0 Å². The van der Waals surface area contributed by atoms with Gasteiger partial charge in [0, 0.05) is 31.1 Å². The van der Waals surface area contributed by atoms with Gasteiger partial charge in [-0.1, -0.05) is 13.8 Å². The van der Waals surface area contributed by atoms with Crippen molar-refractivity contribution in [3.8, 4) is 0 Å². The molecule has 202 valence electrons. The minimum Gasteiger partial charge on any atom is -0.481 e. The van der Waals surface area contributed by atoms with Gasteiger partial charge in [-0.3, -0.25) is 14.4 Å². The van der Waals surface area contributed by atoms with E-state index in [0.717, 1.165) is 19.3 Å². The first-order valence-corrected chi connectivity index (χ1v) is 12.6. The molecule has 5 rings (SSSR count). The van der Waals surface area contributed by atoms with Gasteiger partial charge in [-0.05, 0) is 44.4 Å². The van der Waals surface area contributed by atoms with Gasteiger partial charge in [-0.15, -0.1) is 0 Å². The molecule has 2 bridgehead atoms. The van der Waals surface area contributed by atoms with E-state index in [1.165, 1.54) is 0 Å². The molecule has 4 aliphatic heterocycles. The molecule has 4 heterocycles. The van der Waals surface area contributed by atoms with Crippen LogP contribution in [0.5, 0.6) is 0 Å². The van der Waals surface area contributed by atoms with Crippen molar-refractivity contribution in [2.75, 3.05) is 0 Å². The van der Waals surface area contributed by atoms with Crippen LogP contribution < -0.4 is 5.32 Å². The van der Waals surface area contributed by atoms with E-state index in [1.807, 2.05) is 6.92 Å². The Labute approximate surface area is 208 Å². The molecule has 1 saturated carbocycles. The van der Waals surface area contributed by atoms with Crippen molar-refractivity contribution in [2.24, 2.45) is 23.7 Å². The van der Waals surface area contributed by atoms with Crippen LogP contribution in [0.2, 0.25) is 0 Å². The van der Waals surface area contributed by atoms with Crippen LogP contribution in [0.25, 0.3) is 0 Å². The Balaban J connectivity index is 1.36. The van der Waals surface area contributed by atoms with E-state index in [9.17, 15) is 24.3 Å². The van der Waals surface area contributed by atoms with E-state index < -0.39 is 60.2 Å². The van der Waals surface area contributed by atoms with Crippen LogP contribution in [0, 0.1) is 23.7 Å². The second-order valence-electron chi connectivity index (χ2n) is 10.7. The van der Waals surface area contributed by atoms with Crippen LogP contribution >= 0.6 is 0 Å². The molecule has 0 aromatic rings. The van der Waals surface area contributed by atoms with Crippen LogP contribution in [-0.2, 0) is 43.2 Å². The van der Waals surface area contributed by atoms with Gasteiger partial charge in [0.05, 0.1) is 6.42 Å². The van der Waals surface area contributed by atoms with E-state index in [2.05, 4.69) is 12.2 Å². The molecular formula is C24H35NO11. The smallest absolute Gasteiger partial charge is 0.326 e. The number of ether oxygens (including phenoxy) is 3. The summed E-state index contributed by atoms with van der Waals surface area (Å²) in [5, 5.41) is 20.2. The van der Waals surface area contributed by atoms with Crippen molar-refractivity contribution < 1.29 is 53.4 Å². The number of esters is 1. The molecule has 1 amide bonds. The first-order chi connectivity index (χ1) is 16.9. The van der Waals surface area contributed by atoms with E-state index in [1.54, 1.807) is 6.92 Å². The van der Waals surface area contributed by atoms with Crippen molar-refractivity contribution in [1.29, 1.82) is 0 Å². The third kappa shape index (κ3) is 5.09. The maximum Gasteiger partial charge on any atom is 0.326 e. The van der Waals surface area contributed by atoms with Crippen molar-refractivity contribution >= 4 is 23.8 Å². The zero-order valence-corrected chi connectivity index (χ0v) is 20.8. The molecule has 3 N–H and O–H groups in total. The number of carboxylic acid groups (broad SMARTS) is 2. The lowest BCUT2D eigenvalue weighted by atomic mass is 9.58. The molecule has 9 atom stereocenters. The van der Waals surface area contributed by atoms with Gasteiger partial charge in [0.15, 0.2) is 11.9 Å². The van der Waals surface area contributed by atoms with Crippen molar-refractivity contribution in [2.45, 2.75) is 102 Å². The average molecular weight is 514 g/mol. The topological polar surface area (TPSA) is 167 Å². The van der Waals surface area contributed by atoms with Crippen LogP contribution in [0.1, 0.15) is 72.1 Å². The number of carboxylic acids is 2. The van der Waals surface area contributed by atoms with Crippen molar-refractivity contribution in [1.82, 2.24) is 5.32 Å². The summed E-state index contributed by atoms with van der Waals surface area (Å²) in [5.74, 6) is -4.48. The molecule has 12 heteroatoms. The summed E-state index contributed by atoms with van der Waals surface area (Å²) in [6.07, 6.45) is 0.452. The maximum absolute atomic E-state index is 12.6. The summed E-state index contributed by atoms with van der Waals surface area (Å²) in [6.45, 7) is 5.95. The normalized spacial score (nSPS) is 39.9. The van der Waals surface area contributed by atoms with E-state index in [0.29, 0.717) is 12.3 Å². The minimum atomic E-state index is -1.35. The fourth-order valence-electron chi connectivity index (χ4n) is 6.20. The molecular weight excluding hydrogens is 478 g/mol. The monoisotopic (exact) mass is 513 g/mol. The molecule has 1 aliphatic carbocycles. The fraction of sp³-hybridized carbons (Fsp3) is 0.833. The maximum atomic E-state index is 12.6. The number of carbonyl (C=O) groups excluding carboxylic acids is 2. The molecule has 0 radical (unpaired) electrons. The number of rotatable bonds is 9. The van der Waals surface area contributed by atoms with Crippen molar-refractivity contribution in [3.05, 3.63) is 0 Å². The fourth-order valence-corrected chi connectivity index (χ4v) is 6.20. The van der Waals surface area contributed by atoms with Gasteiger partial charge in [0.1, 0.15) is 6.04 Å². The predicted octanol–water partition coefficient (Wildman–Crippen LogP) is 1.95. The molecule has 5 aliphatic rings. The predicted molar refractivity (Wildman–Crippen MR) is 119 cm³/mol. The molecule has 0 aromatic carbocycles. The summed E-state index contributed by atoms with van der Waals surface area (Å²) in [5.41, 5.74) is -0.780. The molecule has 5 fully saturated rings. The lowest BCUT2D eigenvalue weighted by Crippen LogP contribution is -2.70. The minimum absolute atomic E-state index is 0.0215.